The van der Waals surface area contributed by atoms with Crippen molar-refractivity contribution >= 4 is 5.97 Å². The highest BCUT2D eigenvalue weighted by Gasteiger charge is 2.17. The van der Waals surface area contributed by atoms with Crippen molar-refractivity contribution in [2.45, 2.75) is 32.8 Å². The Labute approximate surface area is 108 Å². The maximum Gasteiger partial charge on any atom is 0.373 e. The lowest BCUT2D eigenvalue weighted by Crippen LogP contribution is -2.24. The predicted octanol–water partition coefficient (Wildman–Crippen LogP) is 2.90. The molecule has 0 aromatic heterocycles. The molecule has 0 aliphatic rings. The van der Waals surface area contributed by atoms with Crippen LogP contribution in [0, 0.1) is 6.92 Å². The van der Waals surface area contributed by atoms with Crippen LogP contribution in [0.25, 0.3) is 0 Å². The van der Waals surface area contributed by atoms with Crippen LogP contribution in [0.2, 0.25) is 0 Å². The van der Waals surface area contributed by atoms with Crippen LogP contribution in [-0.4, -0.2) is 25.3 Å². The van der Waals surface area contributed by atoms with Gasteiger partial charge in [0.05, 0.1) is 17.8 Å². The highest BCUT2D eigenvalue weighted by Crippen LogP contribution is 2.13. The first-order valence-corrected chi connectivity index (χ1v) is 5.91. The molecule has 0 fully saturated rings. The maximum absolute atomic E-state index is 11.7. The Hall–Kier alpha value is -1.39. The molecule has 0 atom stereocenters. The third kappa shape index (κ3) is 4.47. The molecule has 1 rings (SSSR count). The van der Waals surface area contributed by atoms with E-state index in [4.69, 9.17) is 14.5 Å². The molecule has 0 aliphatic heterocycles. The summed E-state index contributed by atoms with van der Waals surface area (Å²) in [6.07, 6.45) is 0.643. The highest BCUT2D eigenvalue weighted by atomic mass is 17.2. The van der Waals surface area contributed by atoms with Crippen LogP contribution in [0.4, 0.5) is 0 Å². The minimum Gasteiger partial charge on any atom is -0.379 e. The highest BCUT2D eigenvalue weighted by molar-refractivity contribution is 5.90. The molecule has 0 saturated heterocycles. The van der Waals surface area contributed by atoms with Crippen LogP contribution in [0.15, 0.2) is 24.3 Å². The molecular weight excluding hydrogens is 232 g/mol. The van der Waals surface area contributed by atoms with Crippen LogP contribution in [-0.2, 0) is 14.5 Å². The number of benzene rings is 1. The van der Waals surface area contributed by atoms with Gasteiger partial charge in [-0.15, -0.1) is 0 Å². The van der Waals surface area contributed by atoms with Crippen molar-refractivity contribution in [1.29, 1.82) is 0 Å². The van der Waals surface area contributed by atoms with E-state index in [1.807, 2.05) is 32.9 Å². The van der Waals surface area contributed by atoms with E-state index < -0.39 is 5.97 Å². The summed E-state index contributed by atoms with van der Waals surface area (Å²) in [5.74, 6) is -0.469. The van der Waals surface area contributed by atoms with Crippen LogP contribution in [0.1, 0.15) is 36.2 Å². The SMILES string of the molecule is COC(C)(C)CCOOC(=O)c1ccccc1C. The van der Waals surface area contributed by atoms with Gasteiger partial charge in [-0.3, -0.25) is 4.89 Å². The molecule has 0 bridgehead atoms. The maximum atomic E-state index is 11.7. The average molecular weight is 252 g/mol. The van der Waals surface area contributed by atoms with Gasteiger partial charge in [0.1, 0.15) is 0 Å². The average Bonchev–Trinajstić information content (AvgIpc) is 2.35. The number of ether oxygens (including phenoxy) is 1. The van der Waals surface area contributed by atoms with Gasteiger partial charge in [-0.05, 0) is 32.4 Å². The van der Waals surface area contributed by atoms with Gasteiger partial charge in [0, 0.05) is 13.5 Å². The summed E-state index contributed by atoms with van der Waals surface area (Å²) >= 11 is 0. The molecular formula is C14H20O4. The Morgan fingerprint density at radius 1 is 1.28 bits per heavy atom. The Balaban J connectivity index is 2.37. The van der Waals surface area contributed by atoms with Crippen molar-refractivity contribution in [3.05, 3.63) is 35.4 Å². The van der Waals surface area contributed by atoms with Gasteiger partial charge in [-0.2, -0.15) is 4.89 Å². The Kier molecular flexibility index (Phi) is 5.31. The first-order chi connectivity index (χ1) is 8.46. The Morgan fingerprint density at radius 2 is 1.94 bits per heavy atom. The summed E-state index contributed by atoms with van der Waals surface area (Å²) in [5.41, 5.74) is 1.10. The normalized spacial score (nSPS) is 11.3. The van der Waals surface area contributed by atoms with Gasteiger partial charge in [-0.25, -0.2) is 4.79 Å². The molecule has 0 heterocycles. The van der Waals surface area contributed by atoms with Crippen LogP contribution in [0.5, 0.6) is 0 Å². The Bertz CT molecular complexity index is 399. The van der Waals surface area contributed by atoms with E-state index in [0.717, 1.165) is 5.56 Å². The zero-order chi connectivity index (χ0) is 13.6. The molecule has 100 valence electrons. The third-order valence-electron chi connectivity index (χ3n) is 2.84. The van der Waals surface area contributed by atoms with E-state index in [1.54, 1.807) is 19.2 Å². The molecule has 4 nitrogen and oxygen atoms in total. The van der Waals surface area contributed by atoms with Gasteiger partial charge in [0.25, 0.3) is 0 Å². The van der Waals surface area contributed by atoms with Crippen molar-refractivity contribution in [3.63, 3.8) is 0 Å². The number of carbonyl (C=O) groups is 1. The summed E-state index contributed by atoms with van der Waals surface area (Å²) < 4.78 is 5.23. The fourth-order valence-corrected chi connectivity index (χ4v) is 1.33. The fraction of sp³-hybridized carbons (Fsp3) is 0.500. The summed E-state index contributed by atoms with van der Waals surface area (Å²) in [7, 11) is 1.64. The second-order valence-corrected chi connectivity index (χ2v) is 4.72. The molecule has 0 spiro atoms. The van der Waals surface area contributed by atoms with Crippen molar-refractivity contribution in [2.24, 2.45) is 0 Å². The number of methoxy groups -OCH3 is 1. The lowest BCUT2D eigenvalue weighted by atomic mass is 10.1. The number of hydrogen-bond donors (Lipinski definition) is 0. The first kappa shape index (κ1) is 14.7. The second kappa shape index (κ2) is 6.52. The second-order valence-electron chi connectivity index (χ2n) is 4.72. The summed E-state index contributed by atoms with van der Waals surface area (Å²) in [5, 5.41) is 0. The monoisotopic (exact) mass is 252 g/mol. The molecule has 0 radical (unpaired) electrons. The zero-order valence-corrected chi connectivity index (χ0v) is 11.4. The van der Waals surface area contributed by atoms with E-state index in [0.29, 0.717) is 18.6 Å². The molecule has 0 unspecified atom stereocenters. The molecule has 0 saturated carbocycles. The summed E-state index contributed by atoms with van der Waals surface area (Å²) in [4.78, 5) is 21.3. The quantitative estimate of drug-likeness (QED) is 0.443. The molecule has 1 aromatic rings. The van der Waals surface area contributed by atoms with Crippen LogP contribution >= 0.6 is 0 Å². The molecule has 18 heavy (non-hydrogen) atoms. The van der Waals surface area contributed by atoms with E-state index >= 15 is 0 Å². The topological polar surface area (TPSA) is 44.8 Å². The van der Waals surface area contributed by atoms with E-state index in [-0.39, 0.29) is 5.60 Å². The summed E-state index contributed by atoms with van der Waals surface area (Å²) in [6, 6.07) is 7.22. The van der Waals surface area contributed by atoms with Gasteiger partial charge < -0.3 is 4.74 Å². The smallest absolute Gasteiger partial charge is 0.373 e. The zero-order valence-electron chi connectivity index (χ0n) is 11.4. The van der Waals surface area contributed by atoms with Gasteiger partial charge >= 0.3 is 5.97 Å². The lowest BCUT2D eigenvalue weighted by Gasteiger charge is -2.21. The van der Waals surface area contributed by atoms with Crippen molar-refractivity contribution in [2.75, 3.05) is 13.7 Å². The van der Waals surface area contributed by atoms with Crippen molar-refractivity contribution < 1.29 is 19.3 Å². The van der Waals surface area contributed by atoms with Crippen molar-refractivity contribution in [3.8, 4) is 0 Å². The Morgan fingerprint density at radius 3 is 2.56 bits per heavy atom. The predicted molar refractivity (Wildman–Crippen MR) is 68.3 cm³/mol. The number of carbonyl (C=O) groups excluding carboxylic acids is 1. The van der Waals surface area contributed by atoms with Crippen LogP contribution < -0.4 is 0 Å². The molecule has 4 heteroatoms. The lowest BCUT2D eigenvalue weighted by molar-refractivity contribution is -0.247. The standard InChI is InChI=1S/C14H20O4/c1-11-7-5-6-8-12(11)13(15)18-17-10-9-14(2,3)16-4/h5-8H,9-10H2,1-4H3. The number of rotatable bonds is 6. The molecule has 0 amide bonds. The van der Waals surface area contributed by atoms with Gasteiger partial charge in [-0.1, -0.05) is 18.2 Å². The van der Waals surface area contributed by atoms with E-state index in [1.165, 1.54) is 0 Å². The summed E-state index contributed by atoms with van der Waals surface area (Å²) in [6.45, 7) is 6.04. The van der Waals surface area contributed by atoms with Crippen molar-refractivity contribution in [1.82, 2.24) is 0 Å². The number of aryl methyl sites for hydroxylation is 1. The largest absolute Gasteiger partial charge is 0.379 e. The first-order valence-electron chi connectivity index (χ1n) is 5.91. The molecule has 0 aliphatic carbocycles. The van der Waals surface area contributed by atoms with E-state index in [2.05, 4.69) is 0 Å². The molecule has 1 aromatic carbocycles. The fourth-order valence-electron chi connectivity index (χ4n) is 1.33. The van der Waals surface area contributed by atoms with Crippen LogP contribution in [0.3, 0.4) is 0 Å². The molecule has 0 N–H and O–H groups in total. The number of hydrogen-bond acceptors (Lipinski definition) is 4. The van der Waals surface area contributed by atoms with Gasteiger partial charge in [0.15, 0.2) is 0 Å². The minimum atomic E-state index is -0.469. The minimum absolute atomic E-state index is 0.283. The van der Waals surface area contributed by atoms with Gasteiger partial charge in [0.2, 0.25) is 0 Å². The third-order valence-corrected chi connectivity index (χ3v) is 2.84. The van der Waals surface area contributed by atoms with E-state index in [9.17, 15) is 4.79 Å².